The van der Waals surface area contributed by atoms with E-state index < -0.39 is 15.8 Å². The second-order valence-corrected chi connectivity index (χ2v) is 10.1. The second kappa shape index (κ2) is 7.85. The largest absolute Gasteiger partial charge is 0.423 e. The van der Waals surface area contributed by atoms with Gasteiger partial charge in [0, 0.05) is 44.2 Å². The van der Waals surface area contributed by atoms with Crippen molar-refractivity contribution in [3.05, 3.63) is 75.4 Å². The fraction of sp³-hybridized carbons (Fsp3) is 0.348. The summed E-state index contributed by atoms with van der Waals surface area (Å²) in [4.78, 5) is 13.9. The van der Waals surface area contributed by atoms with Crippen LogP contribution in [0.5, 0.6) is 0 Å². The number of aryl methyl sites for hydroxylation is 2. The molecule has 0 radical (unpaired) electrons. The molecule has 2 aromatic carbocycles. The molecule has 1 fully saturated rings. The predicted molar refractivity (Wildman–Crippen MR) is 115 cm³/mol. The molecule has 0 bridgehead atoms. The fourth-order valence-electron chi connectivity index (χ4n) is 4.59. The van der Waals surface area contributed by atoms with Crippen LogP contribution in [-0.4, -0.2) is 43.8 Å². The number of rotatable bonds is 4. The Labute approximate surface area is 179 Å². The first kappa shape index (κ1) is 20.4. The monoisotopic (exact) mass is 442 g/mol. The number of hydrogen-bond donors (Lipinski definition) is 0. The molecule has 1 aliphatic carbocycles. The third-order valence-corrected chi connectivity index (χ3v) is 8.15. The van der Waals surface area contributed by atoms with Gasteiger partial charge in [0.2, 0.25) is 10.0 Å². The average molecular weight is 443 g/mol. The Morgan fingerprint density at radius 3 is 2.42 bits per heavy atom. The molecule has 5 rings (SSSR count). The van der Waals surface area contributed by atoms with Gasteiger partial charge in [0.25, 0.3) is 0 Å². The quantitative estimate of drug-likeness (QED) is 0.581. The van der Waals surface area contributed by atoms with E-state index in [0.717, 1.165) is 36.3 Å². The molecule has 2 aliphatic rings. The molecular formula is C23H23FN2O4S. The first-order valence-electron chi connectivity index (χ1n) is 10.5. The van der Waals surface area contributed by atoms with Crippen LogP contribution in [0.2, 0.25) is 0 Å². The van der Waals surface area contributed by atoms with Crippen LogP contribution in [0.3, 0.4) is 0 Å². The standard InChI is InChI=1S/C23H23FN2O4S/c24-20-6-1-2-7-22(20)31(28,29)26-10-8-25(9-11-26)15-18-14-23(27)30-21-13-17-5-3-4-16(17)12-19(18)21/h1-2,6-7,12-14H,3-5,8-11,15H2. The van der Waals surface area contributed by atoms with Crippen molar-refractivity contribution in [2.75, 3.05) is 26.2 Å². The molecule has 0 amide bonds. The van der Waals surface area contributed by atoms with Crippen LogP contribution in [0.1, 0.15) is 23.1 Å². The van der Waals surface area contributed by atoms with Gasteiger partial charge in [-0.2, -0.15) is 4.31 Å². The Morgan fingerprint density at radius 2 is 1.68 bits per heavy atom. The van der Waals surface area contributed by atoms with Crippen molar-refractivity contribution in [2.45, 2.75) is 30.7 Å². The number of fused-ring (bicyclic) bond motifs is 2. The fourth-order valence-corrected chi connectivity index (χ4v) is 6.07. The normalized spacial score (nSPS) is 17.8. The van der Waals surface area contributed by atoms with Crippen LogP contribution in [-0.2, 0) is 29.4 Å². The summed E-state index contributed by atoms with van der Waals surface area (Å²) in [6.07, 6.45) is 3.16. The van der Waals surface area contributed by atoms with E-state index in [-0.39, 0.29) is 23.6 Å². The van der Waals surface area contributed by atoms with Crippen molar-refractivity contribution < 1.29 is 17.2 Å². The molecule has 0 atom stereocenters. The van der Waals surface area contributed by atoms with Crippen LogP contribution in [0.4, 0.5) is 4.39 Å². The smallest absolute Gasteiger partial charge is 0.336 e. The molecular weight excluding hydrogens is 419 g/mol. The molecule has 8 heteroatoms. The van der Waals surface area contributed by atoms with Crippen molar-refractivity contribution in [1.82, 2.24) is 9.21 Å². The summed E-state index contributed by atoms with van der Waals surface area (Å²) in [6, 6.07) is 11.1. The summed E-state index contributed by atoms with van der Waals surface area (Å²) in [6.45, 7) is 2.08. The molecule has 162 valence electrons. The van der Waals surface area contributed by atoms with Crippen LogP contribution in [0.25, 0.3) is 11.0 Å². The summed E-state index contributed by atoms with van der Waals surface area (Å²) in [5.41, 5.74) is 3.69. The lowest BCUT2D eigenvalue weighted by Crippen LogP contribution is -2.48. The maximum Gasteiger partial charge on any atom is 0.336 e. The summed E-state index contributed by atoms with van der Waals surface area (Å²) in [5, 5.41) is 0.946. The zero-order valence-electron chi connectivity index (χ0n) is 17.0. The van der Waals surface area contributed by atoms with Gasteiger partial charge in [-0.1, -0.05) is 12.1 Å². The Morgan fingerprint density at radius 1 is 0.968 bits per heavy atom. The van der Waals surface area contributed by atoms with Gasteiger partial charge in [0.1, 0.15) is 16.3 Å². The highest BCUT2D eigenvalue weighted by molar-refractivity contribution is 7.89. The minimum atomic E-state index is -3.87. The SMILES string of the molecule is O=c1cc(CN2CCN(S(=O)(=O)c3ccccc3F)CC2)c2cc3c(cc2o1)CCC3. The molecule has 2 heterocycles. The van der Waals surface area contributed by atoms with E-state index in [1.807, 2.05) is 6.07 Å². The van der Waals surface area contributed by atoms with Crippen LogP contribution in [0.15, 0.2) is 56.6 Å². The highest BCUT2D eigenvalue weighted by Crippen LogP contribution is 2.29. The maximum absolute atomic E-state index is 14.0. The number of hydrogen-bond acceptors (Lipinski definition) is 5. The lowest BCUT2D eigenvalue weighted by atomic mass is 10.0. The van der Waals surface area contributed by atoms with Gasteiger partial charge in [-0.15, -0.1) is 0 Å². The van der Waals surface area contributed by atoms with Crippen LogP contribution < -0.4 is 5.63 Å². The van der Waals surface area contributed by atoms with E-state index >= 15 is 0 Å². The van der Waals surface area contributed by atoms with Gasteiger partial charge in [-0.05, 0) is 60.2 Å². The number of nitrogens with zero attached hydrogens (tertiary/aromatic N) is 2. The number of piperazine rings is 1. The molecule has 0 N–H and O–H groups in total. The Hall–Kier alpha value is -2.55. The summed E-state index contributed by atoms with van der Waals surface area (Å²) < 4.78 is 46.4. The Bertz CT molecular complexity index is 1310. The zero-order chi connectivity index (χ0) is 21.6. The number of halogens is 1. The molecule has 3 aromatic rings. The minimum absolute atomic E-state index is 0.269. The second-order valence-electron chi connectivity index (χ2n) is 8.17. The lowest BCUT2D eigenvalue weighted by molar-refractivity contribution is 0.181. The predicted octanol–water partition coefficient (Wildman–Crippen LogP) is 2.93. The molecule has 0 saturated carbocycles. The molecule has 31 heavy (non-hydrogen) atoms. The third-order valence-electron chi connectivity index (χ3n) is 6.22. The Balaban J connectivity index is 1.35. The Kier molecular flexibility index (Phi) is 5.16. The van der Waals surface area contributed by atoms with Gasteiger partial charge in [-0.25, -0.2) is 17.6 Å². The number of sulfonamides is 1. The summed E-state index contributed by atoms with van der Waals surface area (Å²) >= 11 is 0. The minimum Gasteiger partial charge on any atom is -0.423 e. The van der Waals surface area contributed by atoms with E-state index in [0.29, 0.717) is 25.2 Å². The van der Waals surface area contributed by atoms with Crippen molar-refractivity contribution >= 4 is 21.0 Å². The van der Waals surface area contributed by atoms with Gasteiger partial charge in [0.15, 0.2) is 0 Å². The molecule has 1 aliphatic heterocycles. The van der Waals surface area contributed by atoms with Crippen molar-refractivity contribution in [2.24, 2.45) is 0 Å². The molecule has 1 aromatic heterocycles. The van der Waals surface area contributed by atoms with E-state index in [2.05, 4.69) is 11.0 Å². The summed E-state index contributed by atoms with van der Waals surface area (Å²) in [5.74, 6) is -0.736. The molecule has 0 spiro atoms. The highest BCUT2D eigenvalue weighted by Gasteiger charge is 2.30. The number of benzene rings is 2. The van der Waals surface area contributed by atoms with E-state index in [9.17, 15) is 17.6 Å². The maximum atomic E-state index is 14.0. The van der Waals surface area contributed by atoms with Gasteiger partial charge in [0.05, 0.1) is 0 Å². The first-order chi connectivity index (χ1) is 14.9. The highest BCUT2D eigenvalue weighted by atomic mass is 32.2. The first-order valence-corrected chi connectivity index (χ1v) is 11.9. The van der Waals surface area contributed by atoms with E-state index in [4.69, 9.17) is 4.42 Å². The van der Waals surface area contributed by atoms with Gasteiger partial charge in [-0.3, -0.25) is 4.90 Å². The van der Waals surface area contributed by atoms with Crippen LogP contribution in [0, 0.1) is 5.82 Å². The van der Waals surface area contributed by atoms with Gasteiger partial charge < -0.3 is 4.42 Å². The molecule has 1 saturated heterocycles. The molecule has 6 nitrogen and oxygen atoms in total. The zero-order valence-corrected chi connectivity index (χ0v) is 17.8. The topological polar surface area (TPSA) is 70.8 Å². The lowest BCUT2D eigenvalue weighted by Gasteiger charge is -2.34. The van der Waals surface area contributed by atoms with E-state index in [1.54, 1.807) is 0 Å². The molecule has 0 unspecified atom stereocenters. The van der Waals surface area contributed by atoms with Crippen LogP contribution >= 0.6 is 0 Å². The van der Waals surface area contributed by atoms with Crippen molar-refractivity contribution in [3.63, 3.8) is 0 Å². The van der Waals surface area contributed by atoms with Crippen molar-refractivity contribution in [3.8, 4) is 0 Å². The van der Waals surface area contributed by atoms with E-state index in [1.165, 1.54) is 39.7 Å². The third kappa shape index (κ3) is 3.79. The average Bonchev–Trinajstić information content (AvgIpc) is 3.20. The van der Waals surface area contributed by atoms with Crippen molar-refractivity contribution in [1.29, 1.82) is 0 Å². The summed E-state index contributed by atoms with van der Waals surface area (Å²) in [7, 11) is -3.87. The van der Waals surface area contributed by atoms with Gasteiger partial charge >= 0.3 is 5.63 Å².